The van der Waals surface area contributed by atoms with Crippen molar-refractivity contribution < 1.29 is 4.79 Å². The van der Waals surface area contributed by atoms with Gasteiger partial charge in [-0.3, -0.25) is 14.5 Å². The molecule has 1 amide bonds. The van der Waals surface area contributed by atoms with Crippen LogP contribution in [0.1, 0.15) is 21.7 Å². The van der Waals surface area contributed by atoms with Crippen molar-refractivity contribution in [1.82, 2.24) is 25.1 Å². The fourth-order valence-electron chi connectivity index (χ4n) is 2.65. The number of nitrogens with one attached hydrogen (secondary N) is 2. The summed E-state index contributed by atoms with van der Waals surface area (Å²) in [6.07, 6.45) is 1.68. The number of benzene rings is 1. The molecule has 0 atom stereocenters. The summed E-state index contributed by atoms with van der Waals surface area (Å²) in [5.74, 6) is -0.179. The van der Waals surface area contributed by atoms with E-state index >= 15 is 0 Å². The number of aryl methyl sites for hydroxylation is 2. The summed E-state index contributed by atoms with van der Waals surface area (Å²) in [7, 11) is 0. The number of carbonyl (C=O) groups excluding carboxylic acids is 1. The van der Waals surface area contributed by atoms with Crippen molar-refractivity contribution in [2.45, 2.75) is 20.4 Å². The minimum absolute atomic E-state index is 0.179. The van der Waals surface area contributed by atoms with Crippen molar-refractivity contribution >= 4 is 5.91 Å². The third-order valence-corrected chi connectivity index (χ3v) is 3.93. The maximum atomic E-state index is 12.2. The average molecular weight is 337 g/mol. The Morgan fingerprint density at radius 2 is 1.96 bits per heavy atom. The topological polar surface area (TPSA) is 92.7 Å². The molecule has 2 aromatic heterocycles. The van der Waals surface area contributed by atoms with E-state index in [0.29, 0.717) is 24.3 Å². The van der Waals surface area contributed by atoms with Crippen LogP contribution in [0.4, 0.5) is 0 Å². The number of aromatic amines is 1. The van der Waals surface area contributed by atoms with E-state index in [1.165, 1.54) is 0 Å². The lowest BCUT2D eigenvalue weighted by molar-refractivity contribution is 0.0952. The van der Waals surface area contributed by atoms with Gasteiger partial charge in [0, 0.05) is 36.2 Å². The second-order valence-corrected chi connectivity index (χ2v) is 5.78. The van der Waals surface area contributed by atoms with Gasteiger partial charge in [0.1, 0.15) is 0 Å². The van der Waals surface area contributed by atoms with E-state index in [0.717, 1.165) is 17.0 Å². The average Bonchev–Trinajstić information content (AvgIpc) is 3.11. The zero-order valence-corrected chi connectivity index (χ0v) is 14.1. The molecule has 7 heteroatoms. The lowest BCUT2D eigenvalue weighted by Gasteiger charge is -2.10. The Labute approximate surface area is 144 Å². The Morgan fingerprint density at radius 1 is 1.20 bits per heavy atom. The maximum absolute atomic E-state index is 12.2. The van der Waals surface area contributed by atoms with Gasteiger partial charge >= 0.3 is 5.69 Å². The number of amides is 1. The predicted molar refractivity (Wildman–Crippen MR) is 94.3 cm³/mol. The highest BCUT2D eigenvalue weighted by molar-refractivity contribution is 5.94. The molecule has 2 heterocycles. The SMILES string of the molecule is Cc1cc(C)n(CCNC(=O)c2ccc(-c3ccn[nH]3)cc2)c(=O)n1. The van der Waals surface area contributed by atoms with Crippen LogP contribution < -0.4 is 11.0 Å². The molecular weight excluding hydrogens is 318 g/mol. The van der Waals surface area contributed by atoms with Gasteiger partial charge in [0.05, 0.1) is 5.69 Å². The molecule has 0 saturated carbocycles. The van der Waals surface area contributed by atoms with Crippen molar-refractivity contribution in [3.8, 4) is 11.3 Å². The summed E-state index contributed by atoms with van der Waals surface area (Å²) in [5.41, 5.74) is 3.65. The summed E-state index contributed by atoms with van der Waals surface area (Å²) in [6, 6.07) is 11.0. The van der Waals surface area contributed by atoms with Crippen LogP contribution in [0.25, 0.3) is 11.3 Å². The van der Waals surface area contributed by atoms with Crippen LogP contribution in [0.5, 0.6) is 0 Å². The first-order chi connectivity index (χ1) is 12.0. The first-order valence-electron chi connectivity index (χ1n) is 7.97. The smallest absolute Gasteiger partial charge is 0.348 e. The lowest BCUT2D eigenvalue weighted by atomic mass is 10.1. The number of nitrogens with zero attached hydrogens (tertiary/aromatic N) is 3. The van der Waals surface area contributed by atoms with E-state index in [-0.39, 0.29) is 11.6 Å². The zero-order valence-electron chi connectivity index (χ0n) is 14.1. The molecule has 0 saturated heterocycles. The molecule has 128 valence electrons. The van der Waals surface area contributed by atoms with Gasteiger partial charge in [-0.2, -0.15) is 10.1 Å². The number of rotatable bonds is 5. The van der Waals surface area contributed by atoms with Gasteiger partial charge < -0.3 is 5.32 Å². The molecule has 0 bridgehead atoms. The van der Waals surface area contributed by atoms with E-state index in [1.807, 2.05) is 31.2 Å². The molecule has 2 N–H and O–H groups in total. The molecule has 3 rings (SSSR count). The van der Waals surface area contributed by atoms with Crippen LogP contribution in [0.3, 0.4) is 0 Å². The first kappa shape index (κ1) is 16.6. The number of hydrogen-bond acceptors (Lipinski definition) is 4. The van der Waals surface area contributed by atoms with E-state index in [9.17, 15) is 9.59 Å². The Hall–Kier alpha value is -3.22. The largest absolute Gasteiger partial charge is 0.350 e. The molecule has 0 aliphatic rings. The minimum atomic E-state index is -0.296. The summed E-state index contributed by atoms with van der Waals surface area (Å²) >= 11 is 0. The Kier molecular flexibility index (Phi) is 4.74. The van der Waals surface area contributed by atoms with Gasteiger partial charge in [0.15, 0.2) is 0 Å². The van der Waals surface area contributed by atoms with Gasteiger partial charge in [-0.1, -0.05) is 12.1 Å². The standard InChI is InChI=1S/C18H19N5O2/c1-12-11-13(2)23(18(25)21-12)10-9-19-17(24)15-5-3-14(4-6-15)16-7-8-20-22-16/h3-8,11H,9-10H2,1-2H3,(H,19,24)(H,20,22). The summed E-state index contributed by atoms with van der Waals surface area (Å²) in [5, 5.41) is 9.61. The first-order valence-corrected chi connectivity index (χ1v) is 7.97. The zero-order chi connectivity index (χ0) is 17.8. The Morgan fingerprint density at radius 3 is 2.60 bits per heavy atom. The van der Waals surface area contributed by atoms with Crippen LogP contribution in [0.15, 0.2) is 47.4 Å². The normalized spacial score (nSPS) is 10.6. The lowest BCUT2D eigenvalue weighted by Crippen LogP contribution is -2.33. The predicted octanol–water partition coefficient (Wildman–Crippen LogP) is 1.68. The minimum Gasteiger partial charge on any atom is -0.350 e. The van der Waals surface area contributed by atoms with Crippen LogP contribution in [-0.2, 0) is 6.54 Å². The molecule has 3 aromatic rings. The fourth-order valence-corrected chi connectivity index (χ4v) is 2.65. The molecule has 1 aromatic carbocycles. The molecular formula is C18H19N5O2. The van der Waals surface area contributed by atoms with Crippen molar-refractivity contribution in [3.05, 3.63) is 70.0 Å². The fraction of sp³-hybridized carbons (Fsp3) is 0.222. The van der Waals surface area contributed by atoms with Gasteiger partial charge in [-0.25, -0.2) is 4.79 Å². The second-order valence-electron chi connectivity index (χ2n) is 5.78. The van der Waals surface area contributed by atoms with Crippen LogP contribution in [-0.4, -0.2) is 32.2 Å². The van der Waals surface area contributed by atoms with E-state index in [4.69, 9.17) is 0 Å². The van der Waals surface area contributed by atoms with Gasteiger partial charge in [0.2, 0.25) is 0 Å². The van der Waals surface area contributed by atoms with E-state index in [2.05, 4.69) is 20.5 Å². The Bertz CT molecular complexity index is 927. The summed E-state index contributed by atoms with van der Waals surface area (Å²) < 4.78 is 1.55. The molecule has 0 spiro atoms. The van der Waals surface area contributed by atoms with Crippen molar-refractivity contribution in [2.24, 2.45) is 0 Å². The van der Waals surface area contributed by atoms with Crippen LogP contribution in [0, 0.1) is 13.8 Å². The van der Waals surface area contributed by atoms with Crippen LogP contribution in [0.2, 0.25) is 0 Å². The van der Waals surface area contributed by atoms with Crippen molar-refractivity contribution in [2.75, 3.05) is 6.54 Å². The number of carbonyl (C=O) groups is 1. The quantitative estimate of drug-likeness (QED) is 0.741. The number of hydrogen-bond donors (Lipinski definition) is 2. The third kappa shape index (κ3) is 3.82. The molecule has 0 fully saturated rings. The van der Waals surface area contributed by atoms with Crippen LogP contribution >= 0.6 is 0 Å². The highest BCUT2D eigenvalue weighted by Crippen LogP contribution is 2.16. The molecule has 25 heavy (non-hydrogen) atoms. The molecule has 0 unspecified atom stereocenters. The summed E-state index contributed by atoms with van der Waals surface area (Å²) in [4.78, 5) is 28.0. The summed E-state index contributed by atoms with van der Waals surface area (Å²) in [6.45, 7) is 4.38. The Balaban J connectivity index is 1.61. The van der Waals surface area contributed by atoms with Crippen molar-refractivity contribution in [3.63, 3.8) is 0 Å². The van der Waals surface area contributed by atoms with E-state index in [1.54, 1.807) is 29.8 Å². The van der Waals surface area contributed by atoms with Gasteiger partial charge in [-0.15, -0.1) is 0 Å². The molecule has 0 aliphatic carbocycles. The molecule has 7 nitrogen and oxygen atoms in total. The van der Waals surface area contributed by atoms with Crippen molar-refractivity contribution in [1.29, 1.82) is 0 Å². The third-order valence-electron chi connectivity index (χ3n) is 3.93. The van der Waals surface area contributed by atoms with Gasteiger partial charge in [0.25, 0.3) is 5.91 Å². The number of aromatic nitrogens is 4. The number of H-pyrrole nitrogens is 1. The highest BCUT2D eigenvalue weighted by atomic mass is 16.2. The van der Waals surface area contributed by atoms with E-state index < -0.39 is 0 Å². The highest BCUT2D eigenvalue weighted by Gasteiger charge is 2.07. The van der Waals surface area contributed by atoms with Gasteiger partial charge in [-0.05, 0) is 43.7 Å². The maximum Gasteiger partial charge on any atom is 0.348 e. The monoisotopic (exact) mass is 337 g/mol. The molecule has 0 radical (unpaired) electrons. The second kappa shape index (κ2) is 7.12. The molecule has 0 aliphatic heterocycles.